The zero-order chi connectivity index (χ0) is 11.2. The summed E-state index contributed by atoms with van der Waals surface area (Å²) in [5.41, 5.74) is 5.80. The molecule has 88 valence electrons. The Hall–Kier alpha value is -1.10. The van der Waals surface area contributed by atoms with Gasteiger partial charge >= 0.3 is 0 Å². The number of aromatic nitrogens is 2. The van der Waals surface area contributed by atoms with Gasteiger partial charge in [0.2, 0.25) is 5.89 Å². The lowest BCUT2D eigenvalue weighted by Crippen LogP contribution is -2.35. The number of hydrogen-bond acceptors (Lipinski definition) is 5. The topological polar surface area (TPSA) is 68.2 Å². The largest absolute Gasteiger partial charge is 0.338 e. The molecule has 1 aliphatic carbocycles. The van der Waals surface area contributed by atoms with E-state index in [1.807, 2.05) is 6.92 Å². The van der Waals surface area contributed by atoms with Crippen molar-refractivity contribution in [3.63, 3.8) is 0 Å². The molecule has 1 saturated carbocycles. The van der Waals surface area contributed by atoms with Crippen molar-refractivity contribution in [2.24, 2.45) is 11.7 Å². The average molecular weight is 222 g/mol. The van der Waals surface area contributed by atoms with Crippen LogP contribution in [0.15, 0.2) is 4.52 Å². The minimum Gasteiger partial charge on any atom is -0.338 e. The Bertz CT molecular complexity index is 377. The van der Waals surface area contributed by atoms with E-state index >= 15 is 0 Å². The summed E-state index contributed by atoms with van der Waals surface area (Å²) in [4.78, 5) is 6.61. The van der Waals surface area contributed by atoms with Gasteiger partial charge in [0.15, 0.2) is 0 Å². The minimum absolute atomic E-state index is 0.440. The molecule has 1 saturated heterocycles. The highest BCUT2D eigenvalue weighted by Gasteiger charge is 2.44. The van der Waals surface area contributed by atoms with Crippen LogP contribution in [0.5, 0.6) is 0 Å². The summed E-state index contributed by atoms with van der Waals surface area (Å²) in [7, 11) is 0. The molecule has 0 bridgehead atoms. The highest BCUT2D eigenvalue weighted by Crippen LogP contribution is 2.43. The predicted molar refractivity (Wildman–Crippen MR) is 60.0 cm³/mol. The van der Waals surface area contributed by atoms with Crippen LogP contribution >= 0.6 is 0 Å². The van der Waals surface area contributed by atoms with Crippen LogP contribution in [0.1, 0.15) is 38.5 Å². The lowest BCUT2D eigenvalue weighted by Gasteiger charge is -2.18. The molecule has 16 heavy (non-hydrogen) atoms. The fraction of sp³-hybridized carbons (Fsp3) is 0.818. The van der Waals surface area contributed by atoms with E-state index < -0.39 is 5.54 Å². The molecule has 2 aliphatic rings. The number of rotatable bonds is 3. The van der Waals surface area contributed by atoms with Crippen LogP contribution in [0, 0.1) is 5.92 Å². The SMILES string of the molecule is CC(N)(c1nc(N2CCCC2)no1)C1CC1. The molecular weight excluding hydrogens is 204 g/mol. The van der Waals surface area contributed by atoms with Crippen molar-refractivity contribution in [2.45, 2.75) is 38.1 Å². The van der Waals surface area contributed by atoms with E-state index in [0.29, 0.717) is 17.8 Å². The fourth-order valence-corrected chi connectivity index (χ4v) is 2.34. The maximum atomic E-state index is 6.24. The van der Waals surface area contributed by atoms with Gasteiger partial charge in [-0.3, -0.25) is 0 Å². The third kappa shape index (κ3) is 1.59. The van der Waals surface area contributed by atoms with Crippen molar-refractivity contribution in [1.29, 1.82) is 0 Å². The molecule has 1 aliphatic heterocycles. The standard InChI is InChI=1S/C11H18N4O/c1-11(12,8-4-5-8)9-13-10(14-16-9)15-6-2-3-7-15/h8H,2-7,12H2,1H3. The Balaban J connectivity index is 1.81. The first-order valence-corrected chi connectivity index (χ1v) is 6.06. The van der Waals surface area contributed by atoms with Crippen molar-refractivity contribution >= 4 is 5.95 Å². The maximum Gasteiger partial charge on any atom is 0.266 e. The molecule has 0 aromatic carbocycles. The van der Waals surface area contributed by atoms with Gasteiger partial charge in [-0.05, 0) is 43.7 Å². The number of anilines is 1. The molecule has 0 spiro atoms. The molecule has 0 amide bonds. The zero-order valence-electron chi connectivity index (χ0n) is 9.65. The van der Waals surface area contributed by atoms with Crippen LogP contribution in [-0.4, -0.2) is 23.2 Å². The zero-order valence-corrected chi connectivity index (χ0v) is 9.65. The Kier molecular flexibility index (Phi) is 2.17. The molecule has 1 unspecified atom stereocenters. The quantitative estimate of drug-likeness (QED) is 0.833. The second kappa shape index (κ2) is 3.45. The molecule has 3 rings (SSSR count). The molecule has 1 atom stereocenters. The Morgan fingerprint density at radius 3 is 2.69 bits per heavy atom. The van der Waals surface area contributed by atoms with Gasteiger partial charge in [0.25, 0.3) is 5.95 Å². The second-order valence-corrected chi connectivity index (χ2v) is 5.15. The first-order chi connectivity index (χ1) is 7.68. The monoisotopic (exact) mass is 222 g/mol. The summed E-state index contributed by atoms with van der Waals surface area (Å²) in [5, 5.41) is 4.03. The van der Waals surface area contributed by atoms with Crippen LogP contribution in [-0.2, 0) is 5.54 Å². The summed E-state index contributed by atoms with van der Waals surface area (Å²) in [6.07, 6.45) is 4.78. The lowest BCUT2D eigenvalue weighted by molar-refractivity contribution is 0.273. The number of hydrogen-bond donors (Lipinski definition) is 1. The first-order valence-electron chi connectivity index (χ1n) is 6.06. The van der Waals surface area contributed by atoms with Crippen LogP contribution in [0.4, 0.5) is 5.95 Å². The Morgan fingerprint density at radius 1 is 1.38 bits per heavy atom. The van der Waals surface area contributed by atoms with Crippen LogP contribution in [0.3, 0.4) is 0 Å². The van der Waals surface area contributed by atoms with E-state index in [1.165, 1.54) is 25.7 Å². The Morgan fingerprint density at radius 2 is 2.06 bits per heavy atom. The molecule has 1 aromatic rings. The molecule has 2 heterocycles. The van der Waals surface area contributed by atoms with E-state index in [-0.39, 0.29) is 0 Å². The van der Waals surface area contributed by atoms with E-state index in [0.717, 1.165) is 13.1 Å². The van der Waals surface area contributed by atoms with Crippen LogP contribution in [0.2, 0.25) is 0 Å². The van der Waals surface area contributed by atoms with E-state index in [2.05, 4.69) is 15.0 Å². The summed E-state index contributed by atoms with van der Waals surface area (Å²) in [5.74, 6) is 1.82. The van der Waals surface area contributed by atoms with Gasteiger partial charge < -0.3 is 15.2 Å². The fourth-order valence-electron chi connectivity index (χ4n) is 2.34. The summed E-state index contributed by atoms with van der Waals surface area (Å²) in [6, 6.07) is 0. The van der Waals surface area contributed by atoms with Gasteiger partial charge in [0.05, 0.1) is 5.54 Å². The summed E-state index contributed by atoms with van der Waals surface area (Å²) < 4.78 is 5.32. The van der Waals surface area contributed by atoms with Gasteiger partial charge in [0.1, 0.15) is 0 Å². The van der Waals surface area contributed by atoms with E-state index in [4.69, 9.17) is 10.3 Å². The third-order valence-electron chi connectivity index (χ3n) is 3.69. The van der Waals surface area contributed by atoms with Gasteiger partial charge in [-0.2, -0.15) is 4.98 Å². The lowest BCUT2D eigenvalue weighted by atomic mass is 9.97. The van der Waals surface area contributed by atoms with Crippen molar-refractivity contribution in [1.82, 2.24) is 10.1 Å². The molecule has 1 aromatic heterocycles. The molecule has 0 radical (unpaired) electrons. The van der Waals surface area contributed by atoms with Crippen LogP contribution < -0.4 is 10.6 Å². The predicted octanol–water partition coefficient (Wildman–Crippen LogP) is 1.25. The van der Waals surface area contributed by atoms with E-state index in [1.54, 1.807) is 0 Å². The van der Waals surface area contributed by atoms with Crippen molar-refractivity contribution < 1.29 is 4.52 Å². The second-order valence-electron chi connectivity index (χ2n) is 5.15. The maximum absolute atomic E-state index is 6.24. The molecule has 5 nitrogen and oxygen atoms in total. The normalized spacial score (nSPS) is 24.8. The van der Waals surface area contributed by atoms with Crippen molar-refractivity contribution in [2.75, 3.05) is 18.0 Å². The average Bonchev–Trinajstić information content (AvgIpc) is 2.82. The summed E-state index contributed by atoms with van der Waals surface area (Å²) in [6.45, 7) is 4.05. The number of nitrogens with two attached hydrogens (primary N) is 1. The molecular formula is C11H18N4O. The molecule has 5 heteroatoms. The first kappa shape index (κ1) is 10.1. The van der Waals surface area contributed by atoms with E-state index in [9.17, 15) is 0 Å². The summed E-state index contributed by atoms with van der Waals surface area (Å²) >= 11 is 0. The number of nitrogens with zero attached hydrogens (tertiary/aromatic N) is 3. The molecule has 2 N–H and O–H groups in total. The minimum atomic E-state index is -0.440. The Labute approximate surface area is 95.0 Å². The third-order valence-corrected chi connectivity index (χ3v) is 3.69. The highest BCUT2D eigenvalue weighted by molar-refractivity contribution is 5.30. The molecule has 2 fully saturated rings. The van der Waals surface area contributed by atoms with Gasteiger partial charge in [-0.15, -0.1) is 0 Å². The van der Waals surface area contributed by atoms with Gasteiger partial charge in [-0.1, -0.05) is 0 Å². The highest BCUT2D eigenvalue weighted by atomic mass is 16.5. The van der Waals surface area contributed by atoms with Crippen molar-refractivity contribution in [3.8, 4) is 0 Å². The van der Waals surface area contributed by atoms with Gasteiger partial charge in [0, 0.05) is 13.1 Å². The smallest absolute Gasteiger partial charge is 0.266 e. The van der Waals surface area contributed by atoms with Crippen molar-refractivity contribution in [3.05, 3.63) is 5.89 Å². The van der Waals surface area contributed by atoms with Gasteiger partial charge in [-0.25, -0.2) is 0 Å². The van der Waals surface area contributed by atoms with Crippen LogP contribution in [0.25, 0.3) is 0 Å².